The molecule has 18 heavy (non-hydrogen) atoms. The molecule has 0 fully saturated rings. The fourth-order valence-electron chi connectivity index (χ4n) is 1.68. The van der Waals surface area contributed by atoms with Crippen LogP contribution in [0.4, 0.5) is 17.2 Å². The number of nitrogens with zero attached hydrogens (tertiary/aromatic N) is 2. The molecule has 0 bridgehead atoms. The summed E-state index contributed by atoms with van der Waals surface area (Å²) in [7, 11) is 0. The van der Waals surface area contributed by atoms with Gasteiger partial charge in [-0.1, -0.05) is 17.7 Å². The highest BCUT2D eigenvalue weighted by Crippen LogP contribution is 2.34. The Kier molecular flexibility index (Phi) is 3.82. The van der Waals surface area contributed by atoms with E-state index >= 15 is 0 Å². The van der Waals surface area contributed by atoms with Crippen LogP contribution in [-0.2, 0) is 6.54 Å². The molecule has 6 heteroatoms. The lowest BCUT2D eigenvalue weighted by molar-refractivity contribution is 0.661. The zero-order valence-electron chi connectivity index (χ0n) is 10.2. The lowest BCUT2D eigenvalue weighted by Crippen LogP contribution is -2.04. The van der Waals surface area contributed by atoms with Gasteiger partial charge < -0.3 is 11.1 Å². The number of benzene rings is 1. The van der Waals surface area contributed by atoms with Gasteiger partial charge in [0.2, 0.25) is 0 Å². The summed E-state index contributed by atoms with van der Waals surface area (Å²) in [6, 6.07) is 5.63. The zero-order valence-corrected chi connectivity index (χ0v) is 12.5. The van der Waals surface area contributed by atoms with E-state index < -0.39 is 0 Å². The van der Waals surface area contributed by atoms with Gasteiger partial charge in [0.05, 0.1) is 26.6 Å². The average molecular weight is 330 g/mol. The molecule has 0 atom stereocenters. The van der Waals surface area contributed by atoms with E-state index in [4.69, 9.17) is 17.3 Å². The second-order valence-corrected chi connectivity index (χ2v) is 5.09. The third-order valence-electron chi connectivity index (χ3n) is 2.68. The third-order valence-corrected chi connectivity index (χ3v) is 4.08. The van der Waals surface area contributed by atoms with Gasteiger partial charge in [0, 0.05) is 6.54 Å². The highest BCUT2D eigenvalue weighted by molar-refractivity contribution is 9.10. The Hall–Kier alpha value is -1.20. The molecular weight excluding hydrogens is 316 g/mol. The van der Waals surface area contributed by atoms with Gasteiger partial charge in [0.15, 0.2) is 5.82 Å². The fourth-order valence-corrected chi connectivity index (χ4v) is 2.22. The minimum absolute atomic E-state index is 0.651. The molecule has 0 unspecified atom stereocenters. The number of halogens is 2. The minimum Gasteiger partial charge on any atom is -0.394 e. The molecule has 0 saturated carbocycles. The number of nitrogens with two attached hydrogens (primary N) is 1. The smallest absolute Gasteiger partial charge is 0.152 e. The first-order valence-electron chi connectivity index (χ1n) is 5.58. The molecule has 0 aliphatic carbocycles. The Labute approximate surface area is 119 Å². The van der Waals surface area contributed by atoms with Gasteiger partial charge in [-0.25, -0.2) is 4.68 Å². The molecule has 96 valence electrons. The molecular formula is C12H14BrClN4. The van der Waals surface area contributed by atoms with Gasteiger partial charge in [0.1, 0.15) is 0 Å². The normalized spacial score (nSPS) is 10.7. The molecule has 0 saturated heterocycles. The molecule has 0 aliphatic heterocycles. The maximum atomic E-state index is 6.06. The molecule has 1 aromatic heterocycles. The molecule has 0 amide bonds. The lowest BCUT2D eigenvalue weighted by atomic mass is 10.3. The molecule has 1 aromatic carbocycles. The third kappa shape index (κ3) is 2.33. The van der Waals surface area contributed by atoms with Crippen molar-refractivity contribution in [2.24, 2.45) is 0 Å². The maximum Gasteiger partial charge on any atom is 0.152 e. The highest BCUT2D eigenvalue weighted by Gasteiger charge is 2.13. The van der Waals surface area contributed by atoms with Crippen LogP contribution in [0.2, 0.25) is 5.02 Å². The lowest BCUT2D eigenvalue weighted by Gasteiger charge is -2.11. The Morgan fingerprint density at radius 1 is 1.50 bits per heavy atom. The molecule has 3 N–H and O–H groups in total. The van der Waals surface area contributed by atoms with Gasteiger partial charge in [0.25, 0.3) is 0 Å². The van der Waals surface area contributed by atoms with E-state index in [0.29, 0.717) is 10.7 Å². The van der Waals surface area contributed by atoms with Crippen LogP contribution in [0.1, 0.15) is 12.6 Å². The van der Waals surface area contributed by atoms with Crippen molar-refractivity contribution in [2.75, 3.05) is 11.1 Å². The second kappa shape index (κ2) is 5.20. The Bertz CT molecular complexity index is 580. The summed E-state index contributed by atoms with van der Waals surface area (Å²) in [5, 5.41) is 8.27. The SMILES string of the molecule is CCn1nc(C)c(N)c1Nc1cccc(Cl)c1Br. The Balaban J connectivity index is 2.43. The van der Waals surface area contributed by atoms with Gasteiger partial charge in [-0.15, -0.1) is 0 Å². The monoisotopic (exact) mass is 328 g/mol. The number of anilines is 3. The van der Waals surface area contributed by atoms with Crippen LogP contribution in [0.25, 0.3) is 0 Å². The molecule has 1 heterocycles. The number of rotatable bonds is 3. The summed E-state index contributed by atoms with van der Waals surface area (Å²) in [6.45, 7) is 4.66. The summed E-state index contributed by atoms with van der Waals surface area (Å²) >= 11 is 9.51. The number of hydrogen-bond donors (Lipinski definition) is 2. The van der Waals surface area contributed by atoms with Crippen molar-refractivity contribution in [3.63, 3.8) is 0 Å². The van der Waals surface area contributed by atoms with Crippen molar-refractivity contribution in [1.82, 2.24) is 9.78 Å². The van der Waals surface area contributed by atoms with Crippen LogP contribution in [0.3, 0.4) is 0 Å². The topological polar surface area (TPSA) is 55.9 Å². The standard InChI is InChI=1S/C12H14BrClN4/c1-3-18-12(11(15)7(2)17-18)16-9-6-4-5-8(14)10(9)13/h4-6,16H,3,15H2,1-2H3. The van der Waals surface area contributed by atoms with E-state index in [1.54, 1.807) is 0 Å². The highest BCUT2D eigenvalue weighted by atomic mass is 79.9. The van der Waals surface area contributed by atoms with Crippen molar-refractivity contribution in [3.05, 3.63) is 33.4 Å². The Morgan fingerprint density at radius 3 is 2.89 bits per heavy atom. The Morgan fingerprint density at radius 2 is 2.22 bits per heavy atom. The van der Waals surface area contributed by atoms with E-state index in [-0.39, 0.29) is 0 Å². The largest absolute Gasteiger partial charge is 0.394 e. The van der Waals surface area contributed by atoms with Gasteiger partial charge in [-0.3, -0.25) is 0 Å². The molecule has 0 spiro atoms. The predicted molar refractivity (Wildman–Crippen MR) is 79.5 cm³/mol. The second-order valence-electron chi connectivity index (χ2n) is 3.89. The van der Waals surface area contributed by atoms with Crippen molar-refractivity contribution in [3.8, 4) is 0 Å². The molecule has 2 aromatic rings. The number of nitrogen functional groups attached to an aromatic ring is 1. The van der Waals surface area contributed by atoms with Gasteiger partial charge >= 0.3 is 0 Å². The van der Waals surface area contributed by atoms with E-state index in [1.165, 1.54) is 0 Å². The molecule has 0 aliphatic rings. The molecule has 0 radical (unpaired) electrons. The summed E-state index contributed by atoms with van der Waals surface area (Å²) in [5.74, 6) is 0.790. The van der Waals surface area contributed by atoms with Crippen LogP contribution < -0.4 is 11.1 Å². The van der Waals surface area contributed by atoms with Gasteiger partial charge in [-0.2, -0.15) is 5.10 Å². The predicted octanol–water partition coefficient (Wildman–Crippen LogP) is 3.95. The average Bonchev–Trinajstić information content (AvgIpc) is 2.62. The quantitative estimate of drug-likeness (QED) is 0.896. The van der Waals surface area contributed by atoms with Crippen molar-refractivity contribution in [1.29, 1.82) is 0 Å². The van der Waals surface area contributed by atoms with Crippen LogP contribution in [0, 0.1) is 6.92 Å². The summed E-state index contributed by atoms with van der Waals surface area (Å²) in [4.78, 5) is 0. The number of aromatic nitrogens is 2. The van der Waals surface area contributed by atoms with Crippen molar-refractivity contribution >= 4 is 44.7 Å². The van der Waals surface area contributed by atoms with Crippen LogP contribution >= 0.6 is 27.5 Å². The first-order valence-corrected chi connectivity index (χ1v) is 6.75. The summed E-state index contributed by atoms with van der Waals surface area (Å²) < 4.78 is 2.64. The van der Waals surface area contributed by atoms with Crippen LogP contribution in [0.15, 0.2) is 22.7 Å². The first-order chi connectivity index (χ1) is 8.54. The first kappa shape index (κ1) is 13.2. The fraction of sp³-hybridized carbons (Fsp3) is 0.250. The number of nitrogens with one attached hydrogen (secondary N) is 1. The van der Waals surface area contributed by atoms with Crippen LogP contribution in [0.5, 0.6) is 0 Å². The summed E-state index contributed by atoms with van der Waals surface area (Å²) in [5.41, 5.74) is 8.36. The van der Waals surface area contributed by atoms with E-state index in [1.807, 2.05) is 36.7 Å². The zero-order chi connectivity index (χ0) is 13.3. The minimum atomic E-state index is 0.651. The number of hydrogen-bond acceptors (Lipinski definition) is 3. The van der Waals surface area contributed by atoms with Crippen LogP contribution in [-0.4, -0.2) is 9.78 Å². The van der Waals surface area contributed by atoms with Crippen molar-refractivity contribution in [2.45, 2.75) is 20.4 Å². The van der Waals surface area contributed by atoms with Crippen molar-refractivity contribution < 1.29 is 0 Å². The molecule has 2 rings (SSSR count). The summed E-state index contributed by atoms with van der Waals surface area (Å²) in [6.07, 6.45) is 0. The number of aryl methyl sites for hydroxylation is 2. The van der Waals surface area contributed by atoms with E-state index in [2.05, 4.69) is 26.3 Å². The molecule has 4 nitrogen and oxygen atoms in total. The van der Waals surface area contributed by atoms with E-state index in [9.17, 15) is 0 Å². The van der Waals surface area contributed by atoms with Gasteiger partial charge in [-0.05, 0) is 41.9 Å². The maximum absolute atomic E-state index is 6.06. The van der Waals surface area contributed by atoms with E-state index in [0.717, 1.165) is 28.2 Å².